The van der Waals surface area contributed by atoms with Crippen molar-refractivity contribution in [2.75, 3.05) is 20.1 Å². The van der Waals surface area contributed by atoms with Crippen molar-refractivity contribution in [3.8, 4) is 11.5 Å². The molecule has 0 aromatic heterocycles. The van der Waals surface area contributed by atoms with E-state index in [9.17, 15) is 9.90 Å². The number of piperidine rings is 1. The molecule has 0 saturated carbocycles. The number of Topliss-reactive ketones (excluding diaryl/α,β-unsaturated/α-hetero) is 1. The standard InChI is InChI=1S/C14H17NO3/c1-15-6-4-14(5-7-15)9-12(17)11-8-10(16)2-3-13(11)18-14/h2-3,8,16H,4-7,9H2,1H3. The van der Waals surface area contributed by atoms with Gasteiger partial charge >= 0.3 is 0 Å². The molecule has 0 radical (unpaired) electrons. The van der Waals surface area contributed by atoms with Crippen molar-refractivity contribution in [2.45, 2.75) is 24.9 Å². The third kappa shape index (κ3) is 1.86. The van der Waals surface area contributed by atoms with Crippen molar-refractivity contribution >= 4 is 5.78 Å². The van der Waals surface area contributed by atoms with Crippen LogP contribution in [0.2, 0.25) is 0 Å². The Morgan fingerprint density at radius 1 is 1.33 bits per heavy atom. The number of carbonyl (C=O) groups excluding carboxylic acids is 1. The van der Waals surface area contributed by atoms with Gasteiger partial charge in [-0.2, -0.15) is 0 Å². The molecule has 0 unspecified atom stereocenters. The van der Waals surface area contributed by atoms with Crippen LogP contribution in [0.1, 0.15) is 29.6 Å². The molecule has 1 N–H and O–H groups in total. The van der Waals surface area contributed by atoms with Gasteiger partial charge in [-0.3, -0.25) is 4.79 Å². The molecule has 1 saturated heterocycles. The first kappa shape index (κ1) is 11.5. The summed E-state index contributed by atoms with van der Waals surface area (Å²) in [6.07, 6.45) is 2.20. The largest absolute Gasteiger partial charge is 0.508 e. The third-order valence-electron chi connectivity index (χ3n) is 3.97. The number of likely N-dealkylation sites (tertiary alicyclic amines) is 1. The SMILES string of the molecule is CN1CCC2(CC1)CC(=O)c1cc(O)ccc1O2. The summed E-state index contributed by atoms with van der Waals surface area (Å²) in [5.41, 5.74) is 0.188. The van der Waals surface area contributed by atoms with Crippen LogP contribution in [-0.4, -0.2) is 41.5 Å². The van der Waals surface area contributed by atoms with Crippen molar-refractivity contribution in [3.05, 3.63) is 23.8 Å². The highest BCUT2D eigenvalue weighted by Crippen LogP contribution is 2.40. The third-order valence-corrected chi connectivity index (χ3v) is 3.97. The summed E-state index contributed by atoms with van der Waals surface area (Å²) < 4.78 is 6.08. The Kier molecular flexibility index (Phi) is 2.55. The summed E-state index contributed by atoms with van der Waals surface area (Å²) >= 11 is 0. The molecular formula is C14H17NO3. The zero-order valence-electron chi connectivity index (χ0n) is 10.5. The van der Waals surface area contributed by atoms with E-state index in [4.69, 9.17) is 4.74 Å². The van der Waals surface area contributed by atoms with Gasteiger partial charge in [0.05, 0.1) is 12.0 Å². The quantitative estimate of drug-likeness (QED) is 0.759. The van der Waals surface area contributed by atoms with Gasteiger partial charge in [0.2, 0.25) is 0 Å². The van der Waals surface area contributed by atoms with E-state index in [-0.39, 0.29) is 17.1 Å². The average Bonchev–Trinajstić information content (AvgIpc) is 2.35. The molecule has 0 aliphatic carbocycles. The Hall–Kier alpha value is -1.55. The number of phenolic OH excluding ortho intramolecular Hbond substituents is 1. The first-order chi connectivity index (χ1) is 8.58. The number of fused-ring (bicyclic) bond motifs is 1. The Morgan fingerprint density at radius 2 is 2.06 bits per heavy atom. The molecule has 3 rings (SSSR count). The predicted molar refractivity (Wildman–Crippen MR) is 67.1 cm³/mol. The van der Waals surface area contributed by atoms with Crippen LogP contribution in [-0.2, 0) is 0 Å². The smallest absolute Gasteiger partial charge is 0.170 e. The van der Waals surface area contributed by atoms with Gasteiger partial charge in [0.25, 0.3) is 0 Å². The number of phenols is 1. The summed E-state index contributed by atoms with van der Waals surface area (Å²) in [6, 6.07) is 4.77. The van der Waals surface area contributed by atoms with E-state index in [0.29, 0.717) is 17.7 Å². The molecule has 4 nitrogen and oxygen atoms in total. The van der Waals surface area contributed by atoms with Crippen molar-refractivity contribution in [2.24, 2.45) is 0 Å². The van der Waals surface area contributed by atoms with Crippen LogP contribution >= 0.6 is 0 Å². The number of benzene rings is 1. The van der Waals surface area contributed by atoms with E-state index in [1.165, 1.54) is 6.07 Å². The number of nitrogens with zero attached hydrogens (tertiary/aromatic N) is 1. The highest BCUT2D eigenvalue weighted by atomic mass is 16.5. The molecule has 0 amide bonds. The number of aromatic hydroxyl groups is 1. The predicted octanol–water partition coefficient (Wildman–Crippen LogP) is 1.82. The molecule has 96 valence electrons. The van der Waals surface area contributed by atoms with Crippen LogP contribution in [0.4, 0.5) is 0 Å². The number of ketones is 1. The number of carbonyl (C=O) groups is 1. The fourth-order valence-electron chi connectivity index (χ4n) is 2.79. The molecule has 1 aromatic carbocycles. The topological polar surface area (TPSA) is 49.8 Å². The second-order valence-electron chi connectivity index (χ2n) is 5.37. The molecule has 0 bridgehead atoms. The Balaban J connectivity index is 1.92. The van der Waals surface area contributed by atoms with Crippen molar-refractivity contribution in [1.29, 1.82) is 0 Å². The fraction of sp³-hybridized carbons (Fsp3) is 0.500. The number of ether oxygens (including phenoxy) is 1. The number of rotatable bonds is 0. The highest BCUT2D eigenvalue weighted by Gasteiger charge is 2.42. The number of hydrogen-bond donors (Lipinski definition) is 1. The molecular weight excluding hydrogens is 230 g/mol. The normalized spacial score (nSPS) is 22.6. The zero-order valence-corrected chi connectivity index (χ0v) is 10.5. The molecule has 1 aromatic rings. The summed E-state index contributed by atoms with van der Waals surface area (Å²) in [5.74, 6) is 0.815. The van der Waals surface area contributed by atoms with Gasteiger partial charge in [-0.25, -0.2) is 0 Å². The minimum absolute atomic E-state index is 0.0803. The lowest BCUT2D eigenvalue weighted by molar-refractivity contribution is -0.00374. The van der Waals surface area contributed by atoms with Gasteiger partial charge in [-0.05, 0) is 25.2 Å². The summed E-state index contributed by atoms with van der Waals surface area (Å²) in [4.78, 5) is 14.4. The van der Waals surface area contributed by atoms with E-state index in [0.717, 1.165) is 25.9 Å². The second kappa shape index (κ2) is 3.99. The first-order valence-corrected chi connectivity index (χ1v) is 6.32. The van der Waals surface area contributed by atoms with Crippen LogP contribution in [0, 0.1) is 0 Å². The van der Waals surface area contributed by atoms with E-state index in [1.807, 2.05) is 0 Å². The lowest BCUT2D eigenvalue weighted by Gasteiger charge is -2.43. The number of hydrogen-bond acceptors (Lipinski definition) is 4. The first-order valence-electron chi connectivity index (χ1n) is 6.32. The lowest BCUT2D eigenvalue weighted by atomic mass is 9.82. The van der Waals surface area contributed by atoms with Crippen LogP contribution in [0.3, 0.4) is 0 Å². The van der Waals surface area contributed by atoms with Crippen LogP contribution in [0.15, 0.2) is 18.2 Å². The van der Waals surface area contributed by atoms with Gasteiger partial charge in [0, 0.05) is 25.9 Å². The molecule has 18 heavy (non-hydrogen) atoms. The fourth-order valence-corrected chi connectivity index (χ4v) is 2.79. The molecule has 2 aliphatic rings. The average molecular weight is 247 g/mol. The monoisotopic (exact) mass is 247 g/mol. The van der Waals surface area contributed by atoms with Crippen molar-refractivity contribution in [3.63, 3.8) is 0 Å². The minimum atomic E-state index is -0.326. The summed E-state index contributed by atoms with van der Waals surface area (Å²) in [6.45, 7) is 1.92. The van der Waals surface area contributed by atoms with Crippen molar-refractivity contribution < 1.29 is 14.6 Å². The lowest BCUT2D eigenvalue weighted by Crippen LogP contribution is -2.50. The van der Waals surface area contributed by atoms with Gasteiger partial charge < -0.3 is 14.7 Å². The molecule has 1 spiro atoms. The molecule has 0 atom stereocenters. The maximum absolute atomic E-state index is 12.2. The van der Waals surface area contributed by atoms with Crippen molar-refractivity contribution in [1.82, 2.24) is 4.90 Å². The van der Waals surface area contributed by atoms with Crippen LogP contribution in [0.5, 0.6) is 11.5 Å². The van der Waals surface area contributed by atoms with E-state index < -0.39 is 0 Å². The highest BCUT2D eigenvalue weighted by molar-refractivity contribution is 6.00. The van der Waals surface area contributed by atoms with Gasteiger partial charge in [-0.15, -0.1) is 0 Å². The second-order valence-corrected chi connectivity index (χ2v) is 5.37. The molecule has 2 heterocycles. The summed E-state index contributed by atoms with van der Waals surface area (Å²) in [5, 5.41) is 9.43. The maximum Gasteiger partial charge on any atom is 0.170 e. The van der Waals surface area contributed by atoms with E-state index in [2.05, 4.69) is 11.9 Å². The van der Waals surface area contributed by atoms with E-state index in [1.54, 1.807) is 12.1 Å². The summed E-state index contributed by atoms with van der Waals surface area (Å²) in [7, 11) is 2.09. The van der Waals surface area contributed by atoms with E-state index >= 15 is 0 Å². The molecule has 4 heteroatoms. The van der Waals surface area contributed by atoms with Crippen LogP contribution < -0.4 is 4.74 Å². The Labute approximate surface area is 106 Å². The molecule has 2 aliphatic heterocycles. The van der Waals surface area contributed by atoms with Gasteiger partial charge in [0.1, 0.15) is 17.1 Å². The van der Waals surface area contributed by atoms with Gasteiger partial charge in [0.15, 0.2) is 5.78 Å². The Bertz CT molecular complexity index is 490. The maximum atomic E-state index is 12.2. The minimum Gasteiger partial charge on any atom is -0.508 e. The van der Waals surface area contributed by atoms with Gasteiger partial charge in [-0.1, -0.05) is 0 Å². The Morgan fingerprint density at radius 3 is 2.78 bits per heavy atom. The molecule has 1 fully saturated rings. The van der Waals surface area contributed by atoms with Crippen LogP contribution in [0.25, 0.3) is 0 Å². The zero-order chi connectivity index (χ0) is 12.8.